The van der Waals surface area contributed by atoms with Crippen molar-refractivity contribution < 1.29 is 19.8 Å². The first-order valence-corrected chi connectivity index (χ1v) is 4.81. The van der Waals surface area contributed by atoms with Gasteiger partial charge >= 0.3 is 5.97 Å². The van der Waals surface area contributed by atoms with Crippen molar-refractivity contribution in [3.63, 3.8) is 0 Å². The van der Waals surface area contributed by atoms with Gasteiger partial charge in [-0.2, -0.15) is 0 Å². The summed E-state index contributed by atoms with van der Waals surface area (Å²) in [5.41, 5.74) is 0.0282. The first kappa shape index (κ1) is 12.5. The van der Waals surface area contributed by atoms with E-state index in [1.807, 2.05) is 0 Å². The highest BCUT2D eigenvalue weighted by atomic mass is 35.5. The number of carbonyl (C=O) groups is 2. The van der Waals surface area contributed by atoms with Gasteiger partial charge in [-0.1, -0.05) is 29.3 Å². The lowest BCUT2D eigenvalue weighted by Crippen LogP contribution is -2.09. The lowest BCUT2D eigenvalue weighted by Gasteiger charge is -2.04. The van der Waals surface area contributed by atoms with Crippen molar-refractivity contribution in [2.24, 2.45) is 0 Å². The highest BCUT2D eigenvalue weighted by molar-refractivity contribution is 6.40. The zero-order valence-electron chi connectivity index (χ0n) is 7.78. The Balaban J connectivity index is 3.19. The number of benzene rings is 1. The first-order chi connectivity index (χ1) is 7.43. The lowest BCUT2D eigenvalue weighted by molar-refractivity contribution is -0.146. The van der Waals surface area contributed by atoms with E-state index in [0.717, 1.165) is 0 Å². The van der Waals surface area contributed by atoms with Gasteiger partial charge in [0, 0.05) is 6.08 Å². The molecule has 0 saturated heterocycles. The third-order valence-corrected chi connectivity index (χ3v) is 2.33. The van der Waals surface area contributed by atoms with Crippen LogP contribution in [-0.4, -0.2) is 22.0 Å². The van der Waals surface area contributed by atoms with Gasteiger partial charge in [0.2, 0.25) is 0 Å². The third kappa shape index (κ3) is 2.74. The quantitative estimate of drug-likeness (QED) is 0.498. The predicted molar refractivity (Wildman–Crippen MR) is 59.7 cm³/mol. The summed E-state index contributed by atoms with van der Waals surface area (Å²) in [7, 11) is 0. The van der Waals surface area contributed by atoms with Crippen LogP contribution in [0.1, 0.15) is 5.56 Å². The summed E-state index contributed by atoms with van der Waals surface area (Å²) < 4.78 is 0. The number of carbonyl (C=O) groups excluding carboxylic acids is 1. The SMILES string of the molecule is O=C(O)C(=O)/C=C(\O)c1c(Cl)cccc1Cl. The molecule has 16 heavy (non-hydrogen) atoms. The molecular weight excluding hydrogens is 255 g/mol. The molecule has 0 radical (unpaired) electrons. The third-order valence-electron chi connectivity index (χ3n) is 1.70. The molecule has 0 bridgehead atoms. The summed E-state index contributed by atoms with van der Waals surface area (Å²) in [6, 6.07) is 4.47. The molecule has 0 heterocycles. The standard InChI is InChI=1S/C10H6Cl2O4/c11-5-2-1-3-6(12)9(5)7(13)4-8(14)10(15)16/h1-4,13H,(H,15,16)/b7-4-. The number of hydrogen-bond acceptors (Lipinski definition) is 3. The number of aliphatic hydroxyl groups excluding tert-OH is 1. The number of carboxylic acid groups (broad SMARTS) is 1. The summed E-state index contributed by atoms with van der Waals surface area (Å²) in [4.78, 5) is 21.1. The zero-order chi connectivity index (χ0) is 12.3. The number of halogens is 2. The predicted octanol–water partition coefficient (Wildman–Crippen LogP) is 2.55. The fourth-order valence-corrected chi connectivity index (χ4v) is 1.59. The van der Waals surface area contributed by atoms with Crippen LogP contribution >= 0.6 is 23.2 Å². The molecule has 84 valence electrons. The van der Waals surface area contributed by atoms with Gasteiger partial charge in [0.1, 0.15) is 5.76 Å². The van der Waals surface area contributed by atoms with Gasteiger partial charge in [-0.25, -0.2) is 4.79 Å². The average molecular weight is 261 g/mol. The van der Waals surface area contributed by atoms with Crippen LogP contribution in [0.25, 0.3) is 5.76 Å². The van der Waals surface area contributed by atoms with Crippen LogP contribution in [-0.2, 0) is 9.59 Å². The summed E-state index contributed by atoms with van der Waals surface area (Å²) in [5.74, 6) is -3.51. The van der Waals surface area contributed by atoms with Crippen LogP contribution in [0.3, 0.4) is 0 Å². The molecule has 1 rings (SSSR count). The molecule has 6 heteroatoms. The normalized spacial score (nSPS) is 11.2. The molecule has 1 aromatic carbocycles. The van der Waals surface area contributed by atoms with E-state index in [1.165, 1.54) is 12.1 Å². The maximum absolute atomic E-state index is 10.8. The van der Waals surface area contributed by atoms with Crippen molar-refractivity contribution in [2.45, 2.75) is 0 Å². The Morgan fingerprint density at radius 1 is 1.12 bits per heavy atom. The Morgan fingerprint density at radius 3 is 2.06 bits per heavy atom. The topological polar surface area (TPSA) is 74.6 Å². The van der Waals surface area contributed by atoms with Gasteiger partial charge in [0.05, 0.1) is 15.6 Å². The molecule has 2 N–H and O–H groups in total. The van der Waals surface area contributed by atoms with Crippen LogP contribution in [0.15, 0.2) is 24.3 Å². The van der Waals surface area contributed by atoms with E-state index in [9.17, 15) is 14.7 Å². The summed E-state index contributed by atoms with van der Waals surface area (Å²) in [6.07, 6.45) is 0.551. The highest BCUT2D eigenvalue weighted by Crippen LogP contribution is 2.29. The molecule has 0 aliphatic carbocycles. The summed E-state index contributed by atoms with van der Waals surface area (Å²) in [6.45, 7) is 0. The Kier molecular flexibility index (Phi) is 3.93. The molecule has 0 aliphatic heterocycles. The molecular formula is C10H6Cl2O4. The molecule has 0 saturated carbocycles. The van der Waals surface area contributed by atoms with Crippen molar-refractivity contribution in [2.75, 3.05) is 0 Å². The first-order valence-electron chi connectivity index (χ1n) is 4.05. The van der Waals surface area contributed by atoms with Crippen molar-refractivity contribution in [1.29, 1.82) is 0 Å². The minimum absolute atomic E-state index is 0.0282. The van der Waals surface area contributed by atoms with Gasteiger partial charge in [0.25, 0.3) is 5.78 Å². The minimum atomic E-state index is -1.67. The smallest absolute Gasteiger partial charge is 0.376 e. The highest BCUT2D eigenvalue weighted by Gasteiger charge is 2.14. The fraction of sp³-hybridized carbons (Fsp3) is 0. The van der Waals surface area contributed by atoms with E-state index >= 15 is 0 Å². The second-order valence-electron chi connectivity index (χ2n) is 2.80. The van der Waals surface area contributed by atoms with Gasteiger partial charge < -0.3 is 10.2 Å². The number of aliphatic carboxylic acids is 1. The van der Waals surface area contributed by atoms with Gasteiger partial charge in [-0.15, -0.1) is 0 Å². The molecule has 0 aliphatic rings. The largest absolute Gasteiger partial charge is 0.507 e. The number of hydrogen-bond donors (Lipinski definition) is 2. The number of aliphatic hydroxyl groups is 1. The summed E-state index contributed by atoms with van der Waals surface area (Å²) in [5, 5.41) is 18.1. The molecule has 0 amide bonds. The van der Waals surface area contributed by atoms with E-state index in [2.05, 4.69) is 0 Å². The zero-order valence-corrected chi connectivity index (χ0v) is 9.29. The van der Waals surface area contributed by atoms with Crippen molar-refractivity contribution in [3.8, 4) is 0 Å². The minimum Gasteiger partial charge on any atom is -0.507 e. The van der Waals surface area contributed by atoms with E-state index in [1.54, 1.807) is 6.07 Å². The lowest BCUT2D eigenvalue weighted by atomic mass is 10.1. The average Bonchev–Trinajstić information content (AvgIpc) is 2.16. The second-order valence-corrected chi connectivity index (χ2v) is 3.61. The molecule has 0 fully saturated rings. The Bertz CT molecular complexity index is 459. The molecule has 0 unspecified atom stereocenters. The number of ketones is 1. The van der Waals surface area contributed by atoms with E-state index in [4.69, 9.17) is 28.3 Å². The van der Waals surface area contributed by atoms with E-state index < -0.39 is 17.5 Å². The van der Waals surface area contributed by atoms with Crippen LogP contribution in [0.4, 0.5) is 0 Å². The Morgan fingerprint density at radius 2 is 1.62 bits per heavy atom. The fourth-order valence-electron chi connectivity index (χ4n) is 1.00. The van der Waals surface area contributed by atoms with Crippen LogP contribution < -0.4 is 0 Å². The molecule has 4 nitrogen and oxygen atoms in total. The van der Waals surface area contributed by atoms with Crippen molar-refractivity contribution in [3.05, 3.63) is 39.9 Å². The molecule has 0 spiro atoms. The molecule has 0 atom stereocenters. The van der Waals surface area contributed by atoms with Gasteiger partial charge in [0.15, 0.2) is 0 Å². The van der Waals surface area contributed by atoms with Crippen LogP contribution in [0.2, 0.25) is 10.0 Å². The summed E-state index contributed by atoms with van der Waals surface area (Å²) >= 11 is 11.5. The maximum Gasteiger partial charge on any atom is 0.376 e. The number of carboxylic acids is 1. The maximum atomic E-state index is 10.8. The second kappa shape index (κ2) is 5.01. The number of rotatable bonds is 3. The molecule has 0 aromatic heterocycles. The molecule has 1 aromatic rings. The van der Waals surface area contributed by atoms with Gasteiger partial charge in [-0.3, -0.25) is 4.79 Å². The Hall–Kier alpha value is -1.52. The van der Waals surface area contributed by atoms with Crippen LogP contribution in [0, 0.1) is 0 Å². The van der Waals surface area contributed by atoms with E-state index in [-0.39, 0.29) is 15.6 Å². The van der Waals surface area contributed by atoms with Gasteiger partial charge in [-0.05, 0) is 12.1 Å². The monoisotopic (exact) mass is 260 g/mol. The van der Waals surface area contributed by atoms with E-state index in [0.29, 0.717) is 6.08 Å². The van der Waals surface area contributed by atoms with Crippen molar-refractivity contribution >= 4 is 40.7 Å². The Labute approximate surface area is 101 Å². The van der Waals surface area contributed by atoms with Crippen molar-refractivity contribution in [1.82, 2.24) is 0 Å². The van der Waals surface area contributed by atoms with Crippen LogP contribution in [0.5, 0.6) is 0 Å².